The van der Waals surface area contributed by atoms with E-state index in [0.29, 0.717) is 30.5 Å². The van der Waals surface area contributed by atoms with Gasteiger partial charge in [-0.25, -0.2) is 0 Å². The zero-order chi connectivity index (χ0) is 20.1. The van der Waals surface area contributed by atoms with Crippen LogP contribution in [0.4, 0.5) is 5.69 Å². The molecule has 3 aliphatic rings. The standard InChI is InChI=1S/C20H25N3O4S/c1-12(2)9-10-23-15(11-13-7-8-13)18(24)17(20(23)25)19-21-14-5-3-4-6-16(14)28(26,27)22-19/h3-6,12-13,15,17H,7-11H2,1-2H3,(H,21,22)/t15-,17?/m0/s1. The van der Waals surface area contributed by atoms with Crippen molar-refractivity contribution in [1.29, 1.82) is 0 Å². The lowest BCUT2D eigenvalue weighted by Crippen LogP contribution is -2.38. The first-order valence-electron chi connectivity index (χ1n) is 9.83. The van der Waals surface area contributed by atoms with Crippen LogP contribution in [-0.2, 0) is 19.6 Å². The van der Waals surface area contributed by atoms with Gasteiger partial charge in [-0.3, -0.25) is 9.59 Å². The molecule has 4 rings (SSSR count). The highest BCUT2D eigenvalue weighted by Gasteiger charge is 2.51. The molecule has 0 radical (unpaired) electrons. The maximum atomic E-state index is 13.2. The molecule has 150 valence electrons. The van der Waals surface area contributed by atoms with Gasteiger partial charge in [-0.1, -0.05) is 38.8 Å². The van der Waals surface area contributed by atoms with E-state index in [9.17, 15) is 18.0 Å². The van der Waals surface area contributed by atoms with Crippen molar-refractivity contribution in [3.8, 4) is 0 Å². The van der Waals surface area contributed by atoms with Crippen molar-refractivity contribution in [2.45, 2.75) is 50.5 Å². The summed E-state index contributed by atoms with van der Waals surface area (Å²) in [6, 6.07) is 5.91. The number of anilines is 1. The van der Waals surface area contributed by atoms with Crippen LogP contribution in [0.3, 0.4) is 0 Å². The second kappa shape index (κ2) is 6.99. The first kappa shape index (κ1) is 19.1. The van der Waals surface area contributed by atoms with Crippen molar-refractivity contribution in [1.82, 2.24) is 4.90 Å². The Bertz CT molecular complexity index is 950. The number of amidine groups is 1. The quantitative estimate of drug-likeness (QED) is 0.736. The van der Waals surface area contributed by atoms with Crippen LogP contribution in [0, 0.1) is 17.8 Å². The molecular formula is C20H25N3O4S. The van der Waals surface area contributed by atoms with Crippen molar-refractivity contribution < 1.29 is 18.0 Å². The van der Waals surface area contributed by atoms with E-state index in [-0.39, 0.29) is 22.4 Å². The maximum absolute atomic E-state index is 13.2. The molecule has 1 saturated carbocycles. The fourth-order valence-electron chi connectivity index (χ4n) is 3.87. The number of sulfonamides is 1. The number of hydrogen-bond acceptors (Lipinski definition) is 5. The Morgan fingerprint density at radius 1 is 1.21 bits per heavy atom. The van der Waals surface area contributed by atoms with Gasteiger partial charge in [-0.05, 0) is 36.8 Å². The SMILES string of the molecule is CC(C)CCN1C(=O)C(C2=NS(=O)(=O)c3ccccc3N2)C(=O)[C@@H]1CC1CC1. The van der Waals surface area contributed by atoms with Crippen molar-refractivity contribution in [2.75, 3.05) is 11.9 Å². The lowest BCUT2D eigenvalue weighted by atomic mass is 9.98. The molecule has 0 spiro atoms. The molecule has 28 heavy (non-hydrogen) atoms. The van der Waals surface area contributed by atoms with Gasteiger partial charge in [0.1, 0.15) is 10.7 Å². The summed E-state index contributed by atoms with van der Waals surface area (Å²) in [5, 5.41) is 2.93. The van der Waals surface area contributed by atoms with E-state index in [1.807, 2.05) is 0 Å². The largest absolute Gasteiger partial charge is 0.341 e. The van der Waals surface area contributed by atoms with E-state index in [2.05, 4.69) is 23.6 Å². The number of nitrogens with one attached hydrogen (secondary N) is 1. The molecule has 1 aromatic rings. The Morgan fingerprint density at radius 2 is 1.93 bits per heavy atom. The van der Waals surface area contributed by atoms with E-state index in [0.717, 1.165) is 19.3 Å². The number of rotatable bonds is 6. The van der Waals surface area contributed by atoms with Gasteiger partial charge >= 0.3 is 0 Å². The molecule has 1 unspecified atom stereocenters. The van der Waals surface area contributed by atoms with Gasteiger partial charge in [-0.15, -0.1) is 4.40 Å². The highest BCUT2D eigenvalue weighted by molar-refractivity contribution is 7.90. The summed E-state index contributed by atoms with van der Waals surface area (Å²) in [5.74, 6) is -0.923. The summed E-state index contributed by atoms with van der Waals surface area (Å²) < 4.78 is 28.9. The summed E-state index contributed by atoms with van der Waals surface area (Å²) in [7, 11) is -3.94. The first-order chi connectivity index (χ1) is 13.3. The van der Waals surface area contributed by atoms with Crippen LogP contribution in [-0.4, -0.2) is 43.4 Å². The number of hydrogen-bond donors (Lipinski definition) is 1. The number of nitrogens with zero attached hydrogens (tertiary/aromatic N) is 2. The van der Waals surface area contributed by atoms with E-state index in [1.54, 1.807) is 23.1 Å². The molecular weight excluding hydrogens is 378 g/mol. The number of ketones is 1. The lowest BCUT2D eigenvalue weighted by Gasteiger charge is -2.24. The minimum Gasteiger partial charge on any atom is -0.341 e. The highest BCUT2D eigenvalue weighted by Crippen LogP contribution is 2.39. The predicted octanol–water partition coefficient (Wildman–Crippen LogP) is 2.44. The van der Waals surface area contributed by atoms with Crippen molar-refractivity contribution >= 4 is 33.2 Å². The smallest absolute Gasteiger partial charge is 0.286 e. The molecule has 0 aromatic heterocycles. The second-order valence-corrected chi connectivity index (χ2v) is 9.89. The third-order valence-electron chi connectivity index (χ3n) is 5.64. The number of para-hydroxylation sites is 1. The number of fused-ring (bicyclic) bond motifs is 1. The number of carbonyl (C=O) groups excluding carboxylic acids is 2. The Kier molecular flexibility index (Phi) is 4.77. The molecule has 2 fully saturated rings. The number of Topliss-reactive ketones (excluding diaryl/α,β-unsaturated/α-hetero) is 1. The number of benzene rings is 1. The van der Waals surface area contributed by atoms with Crippen LogP contribution in [0.5, 0.6) is 0 Å². The van der Waals surface area contributed by atoms with Crippen molar-refractivity contribution in [3.05, 3.63) is 24.3 Å². The summed E-state index contributed by atoms with van der Waals surface area (Å²) >= 11 is 0. The number of carbonyl (C=O) groups is 2. The summed E-state index contributed by atoms with van der Waals surface area (Å²) in [4.78, 5) is 28.0. The Balaban J connectivity index is 1.66. The van der Waals surface area contributed by atoms with Gasteiger partial charge < -0.3 is 10.2 Å². The van der Waals surface area contributed by atoms with Gasteiger partial charge in [0.25, 0.3) is 10.0 Å². The van der Waals surface area contributed by atoms with E-state index in [4.69, 9.17) is 0 Å². The van der Waals surface area contributed by atoms with E-state index >= 15 is 0 Å². The molecule has 1 N–H and O–H groups in total. The normalized spacial score (nSPS) is 26.2. The lowest BCUT2D eigenvalue weighted by molar-refractivity contribution is -0.130. The third kappa shape index (κ3) is 3.45. The summed E-state index contributed by atoms with van der Waals surface area (Å²) in [6.45, 7) is 4.66. The Labute approximate surface area is 165 Å². The molecule has 2 heterocycles. The minimum absolute atomic E-state index is 0.0582. The molecule has 7 nitrogen and oxygen atoms in total. The van der Waals surface area contributed by atoms with Crippen molar-refractivity contribution in [3.63, 3.8) is 0 Å². The van der Waals surface area contributed by atoms with Gasteiger partial charge in [0.15, 0.2) is 11.7 Å². The average Bonchev–Trinajstić information content (AvgIpc) is 3.40. The zero-order valence-corrected chi connectivity index (χ0v) is 16.9. The summed E-state index contributed by atoms with van der Waals surface area (Å²) in [6.07, 6.45) is 3.63. The third-order valence-corrected chi connectivity index (χ3v) is 6.99. The van der Waals surface area contributed by atoms with Crippen molar-refractivity contribution in [2.24, 2.45) is 22.2 Å². The Hall–Kier alpha value is -2.22. The van der Waals surface area contributed by atoms with Crippen LogP contribution >= 0.6 is 0 Å². The maximum Gasteiger partial charge on any atom is 0.286 e. The topological polar surface area (TPSA) is 95.9 Å². The van der Waals surface area contributed by atoms with E-state index in [1.165, 1.54) is 6.07 Å². The van der Waals surface area contributed by atoms with Crippen LogP contribution < -0.4 is 5.32 Å². The number of amides is 1. The molecule has 1 aliphatic carbocycles. The monoisotopic (exact) mass is 403 g/mol. The fourth-order valence-corrected chi connectivity index (χ4v) is 5.03. The van der Waals surface area contributed by atoms with Crippen LogP contribution in [0.25, 0.3) is 0 Å². The summed E-state index contributed by atoms with van der Waals surface area (Å²) in [5.41, 5.74) is 0.354. The first-order valence-corrected chi connectivity index (χ1v) is 11.3. The molecule has 1 saturated heterocycles. The molecule has 8 heteroatoms. The van der Waals surface area contributed by atoms with Gasteiger partial charge in [0.2, 0.25) is 5.91 Å². The molecule has 2 atom stereocenters. The second-order valence-electron chi connectivity index (χ2n) is 8.32. The zero-order valence-electron chi connectivity index (χ0n) is 16.1. The molecule has 0 bridgehead atoms. The van der Waals surface area contributed by atoms with E-state index < -0.39 is 22.0 Å². The fraction of sp³-hybridized carbons (Fsp3) is 0.550. The van der Waals surface area contributed by atoms with Crippen LogP contribution in [0.1, 0.15) is 39.5 Å². The highest BCUT2D eigenvalue weighted by atomic mass is 32.2. The van der Waals surface area contributed by atoms with Gasteiger partial charge in [0, 0.05) is 6.54 Å². The minimum atomic E-state index is -3.94. The average molecular weight is 404 g/mol. The Morgan fingerprint density at radius 3 is 2.61 bits per heavy atom. The predicted molar refractivity (Wildman–Crippen MR) is 105 cm³/mol. The van der Waals surface area contributed by atoms with Crippen LogP contribution in [0.15, 0.2) is 33.6 Å². The van der Waals surface area contributed by atoms with Gasteiger partial charge in [-0.2, -0.15) is 8.42 Å². The van der Waals surface area contributed by atoms with Crippen LogP contribution in [0.2, 0.25) is 0 Å². The molecule has 1 amide bonds. The molecule has 2 aliphatic heterocycles. The van der Waals surface area contributed by atoms with Gasteiger partial charge in [0.05, 0.1) is 11.7 Å². The number of likely N-dealkylation sites (tertiary alicyclic amines) is 1. The molecule has 1 aromatic carbocycles.